The van der Waals surface area contributed by atoms with Crippen LogP contribution in [0.1, 0.15) is 25.7 Å². The summed E-state index contributed by atoms with van der Waals surface area (Å²) in [7, 11) is 0. The third kappa shape index (κ3) is 3.54. The Morgan fingerprint density at radius 1 is 1.36 bits per heavy atom. The zero-order valence-corrected chi connectivity index (χ0v) is 7.05. The maximum atomic E-state index is 5.34. The number of hydrogen-bond acceptors (Lipinski definition) is 2. The molecule has 0 aromatic rings. The maximum absolute atomic E-state index is 5.34. The van der Waals surface area contributed by atoms with E-state index in [4.69, 9.17) is 5.73 Å². The fourth-order valence-corrected chi connectivity index (χ4v) is 1.48. The molecule has 64 valence electrons. The van der Waals surface area contributed by atoms with Crippen LogP contribution in [0.25, 0.3) is 0 Å². The van der Waals surface area contributed by atoms with Crippen LogP contribution in [0.4, 0.5) is 0 Å². The lowest BCUT2D eigenvalue weighted by atomic mass is 10.0. The molecule has 1 heterocycles. The molecule has 0 radical (unpaired) electrons. The standard InChI is InChI=1S/C9H18N2/c10-7-3-1-5-9-6-2-4-8-11-9/h1,3,9,11H,2,4-8,10H2/b3-1-. The van der Waals surface area contributed by atoms with Gasteiger partial charge in [-0.3, -0.25) is 0 Å². The highest BCUT2D eigenvalue weighted by molar-refractivity contribution is 4.88. The number of rotatable bonds is 3. The molecular weight excluding hydrogens is 136 g/mol. The van der Waals surface area contributed by atoms with Crippen LogP contribution in [0.5, 0.6) is 0 Å². The largest absolute Gasteiger partial charge is 0.327 e. The molecule has 11 heavy (non-hydrogen) atoms. The number of hydrogen-bond donors (Lipinski definition) is 2. The van der Waals surface area contributed by atoms with Crippen molar-refractivity contribution in [1.29, 1.82) is 0 Å². The molecule has 0 saturated carbocycles. The van der Waals surface area contributed by atoms with Gasteiger partial charge in [0.25, 0.3) is 0 Å². The monoisotopic (exact) mass is 154 g/mol. The van der Waals surface area contributed by atoms with Crippen molar-refractivity contribution in [3.8, 4) is 0 Å². The van der Waals surface area contributed by atoms with E-state index in [9.17, 15) is 0 Å². The average molecular weight is 154 g/mol. The van der Waals surface area contributed by atoms with E-state index in [2.05, 4.69) is 11.4 Å². The lowest BCUT2D eigenvalue weighted by molar-refractivity contribution is 0.403. The quantitative estimate of drug-likeness (QED) is 0.596. The smallest absolute Gasteiger partial charge is 0.0106 e. The Balaban J connectivity index is 2.09. The molecule has 0 aromatic heterocycles. The van der Waals surface area contributed by atoms with Gasteiger partial charge in [-0.05, 0) is 25.8 Å². The molecule has 0 aliphatic carbocycles. The van der Waals surface area contributed by atoms with Gasteiger partial charge in [-0.2, -0.15) is 0 Å². The third-order valence-corrected chi connectivity index (χ3v) is 2.14. The summed E-state index contributed by atoms with van der Waals surface area (Å²) < 4.78 is 0. The Labute approximate surface area is 68.9 Å². The van der Waals surface area contributed by atoms with E-state index in [0.29, 0.717) is 12.6 Å². The summed E-state index contributed by atoms with van der Waals surface area (Å²) in [5.41, 5.74) is 5.34. The van der Waals surface area contributed by atoms with Gasteiger partial charge in [0.15, 0.2) is 0 Å². The summed E-state index contributed by atoms with van der Waals surface area (Å²) in [6.45, 7) is 1.87. The van der Waals surface area contributed by atoms with E-state index < -0.39 is 0 Å². The van der Waals surface area contributed by atoms with Gasteiger partial charge < -0.3 is 11.1 Å². The van der Waals surface area contributed by atoms with Crippen molar-refractivity contribution in [3.05, 3.63) is 12.2 Å². The van der Waals surface area contributed by atoms with Crippen molar-refractivity contribution in [3.63, 3.8) is 0 Å². The fraction of sp³-hybridized carbons (Fsp3) is 0.778. The first-order valence-electron chi connectivity index (χ1n) is 4.52. The summed E-state index contributed by atoms with van der Waals surface area (Å²) in [5.74, 6) is 0. The zero-order chi connectivity index (χ0) is 7.94. The highest BCUT2D eigenvalue weighted by atomic mass is 14.9. The van der Waals surface area contributed by atoms with Crippen molar-refractivity contribution in [2.24, 2.45) is 5.73 Å². The molecule has 1 rings (SSSR count). The van der Waals surface area contributed by atoms with Gasteiger partial charge in [-0.25, -0.2) is 0 Å². The maximum Gasteiger partial charge on any atom is 0.0106 e. The summed E-state index contributed by atoms with van der Waals surface area (Å²) in [6, 6.07) is 0.714. The normalized spacial score (nSPS) is 26.1. The van der Waals surface area contributed by atoms with E-state index in [0.717, 1.165) is 6.42 Å². The Morgan fingerprint density at radius 2 is 2.27 bits per heavy atom. The van der Waals surface area contributed by atoms with Crippen molar-refractivity contribution in [1.82, 2.24) is 5.32 Å². The first kappa shape index (κ1) is 8.75. The molecule has 0 bridgehead atoms. The first-order chi connectivity index (χ1) is 5.43. The van der Waals surface area contributed by atoms with Crippen LogP contribution in [0.15, 0.2) is 12.2 Å². The SMILES string of the molecule is NC/C=C\CC1CCCCN1. The second-order valence-electron chi connectivity index (χ2n) is 3.09. The number of nitrogens with one attached hydrogen (secondary N) is 1. The second kappa shape index (κ2) is 5.33. The minimum atomic E-state index is 0.673. The summed E-state index contributed by atoms with van der Waals surface area (Å²) >= 11 is 0. The predicted molar refractivity (Wildman–Crippen MR) is 48.5 cm³/mol. The van der Waals surface area contributed by atoms with Gasteiger partial charge in [0.05, 0.1) is 0 Å². The summed E-state index contributed by atoms with van der Waals surface area (Å²) in [4.78, 5) is 0. The fourth-order valence-electron chi connectivity index (χ4n) is 1.48. The Morgan fingerprint density at radius 3 is 2.91 bits per heavy atom. The van der Waals surface area contributed by atoms with Crippen molar-refractivity contribution < 1.29 is 0 Å². The molecule has 1 unspecified atom stereocenters. The molecular formula is C9H18N2. The van der Waals surface area contributed by atoms with E-state index in [1.807, 2.05) is 6.08 Å². The van der Waals surface area contributed by atoms with Gasteiger partial charge >= 0.3 is 0 Å². The van der Waals surface area contributed by atoms with Gasteiger partial charge in [0.2, 0.25) is 0 Å². The van der Waals surface area contributed by atoms with Crippen LogP contribution in [0.2, 0.25) is 0 Å². The minimum absolute atomic E-state index is 0.673. The molecule has 1 fully saturated rings. The topological polar surface area (TPSA) is 38.0 Å². The molecule has 3 N–H and O–H groups in total. The van der Waals surface area contributed by atoms with Crippen LogP contribution in [-0.4, -0.2) is 19.1 Å². The third-order valence-electron chi connectivity index (χ3n) is 2.14. The van der Waals surface area contributed by atoms with Crippen molar-refractivity contribution >= 4 is 0 Å². The number of nitrogens with two attached hydrogens (primary N) is 1. The van der Waals surface area contributed by atoms with E-state index in [-0.39, 0.29) is 0 Å². The van der Waals surface area contributed by atoms with E-state index in [1.54, 1.807) is 0 Å². The highest BCUT2D eigenvalue weighted by Crippen LogP contribution is 2.09. The molecule has 2 heteroatoms. The Bertz CT molecular complexity index is 115. The Kier molecular flexibility index (Phi) is 4.24. The molecule has 1 saturated heterocycles. The minimum Gasteiger partial charge on any atom is -0.327 e. The zero-order valence-electron chi connectivity index (χ0n) is 7.05. The first-order valence-corrected chi connectivity index (χ1v) is 4.52. The average Bonchev–Trinajstić information content (AvgIpc) is 2.07. The molecule has 1 aliphatic heterocycles. The van der Waals surface area contributed by atoms with E-state index in [1.165, 1.54) is 25.8 Å². The molecule has 0 aromatic carbocycles. The molecule has 2 nitrogen and oxygen atoms in total. The highest BCUT2D eigenvalue weighted by Gasteiger charge is 2.09. The lowest BCUT2D eigenvalue weighted by Gasteiger charge is -2.21. The second-order valence-corrected chi connectivity index (χ2v) is 3.09. The summed E-state index contributed by atoms with van der Waals surface area (Å²) in [5, 5.41) is 3.49. The molecule has 0 spiro atoms. The summed E-state index contributed by atoms with van der Waals surface area (Å²) in [6.07, 6.45) is 9.43. The van der Waals surface area contributed by atoms with Crippen LogP contribution < -0.4 is 11.1 Å². The molecule has 0 amide bonds. The van der Waals surface area contributed by atoms with Crippen LogP contribution in [-0.2, 0) is 0 Å². The predicted octanol–water partition coefficient (Wildman–Crippen LogP) is 1.03. The lowest BCUT2D eigenvalue weighted by Crippen LogP contribution is -2.33. The molecule has 1 atom stereocenters. The molecule has 1 aliphatic rings. The van der Waals surface area contributed by atoms with Crippen molar-refractivity contribution in [2.75, 3.05) is 13.1 Å². The van der Waals surface area contributed by atoms with Crippen molar-refractivity contribution in [2.45, 2.75) is 31.7 Å². The van der Waals surface area contributed by atoms with Crippen LogP contribution in [0, 0.1) is 0 Å². The van der Waals surface area contributed by atoms with Crippen LogP contribution in [0.3, 0.4) is 0 Å². The van der Waals surface area contributed by atoms with Gasteiger partial charge in [-0.1, -0.05) is 18.6 Å². The Hall–Kier alpha value is -0.340. The van der Waals surface area contributed by atoms with Gasteiger partial charge in [0.1, 0.15) is 0 Å². The van der Waals surface area contributed by atoms with E-state index >= 15 is 0 Å². The van der Waals surface area contributed by atoms with Crippen LogP contribution >= 0.6 is 0 Å². The number of piperidine rings is 1. The van der Waals surface area contributed by atoms with Gasteiger partial charge in [-0.15, -0.1) is 0 Å². The van der Waals surface area contributed by atoms with Gasteiger partial charge in [0, 0.05) is 12.6 Å².